The standard InChI is InChI=1S/C17H33N5O2.HI/c1-4-14(2)20-16(23)5-7-19-17(18-3)22-8-6-15(13-22)21-9-11-24-12-10-21;/h14-15H,4-13H2,1-3H3,(H,18,19)(H,20,23);1H. The molecule has 0 aliphatic carbocycles. The van der Waals surface area contributed by atoms with Crippen LogP contribution in [0, 0.1) is 0 Å². The molecule has 2 aliphatic rings. The van der Waals surface area contributed by atoms with E-state index < -0.39 is 0 Å². The zero-order valence-corrected chi connectivity index (χ0v) is 18.1. The summed E-state index contributed by atoms with van der Waals surface area (Å²) in [6, 6.07) is 0.825. The largest absolute Gasteiger partial charge is 0.379 e. The molecular weight excluding hydrogens is 433 g/mol. The summed E-state index contributed by atoms with van der Waals surface area (Å²) in [5.74, 6) is 1.00. The van der Waals surface area contributed by atoms with Crippen molar-refractivity contribution in [3.63, 3.8) is 0 Å². The average molecular weight is 467 g/mol. The fourth-order valence-corrected chi connectivity index (χ4v) is 3.24. The molecule has 0 aromatic heterocycles. The normalized spacial score (nSPS) is 23.1. The van der Waals surface area contributed by atoms with Gasteiger partial charge in [0.25, 0.3) is 0 Å². The van der Waals surface area contributed by atoms with E-state index >= 15 is 0 Å². The number of morpholine rings is 1. The van der Waals surface area contributed by atoms with Crippen molar-refractivity contribution in [3.05, 3.63) is 0 Å². The summed E-state index contributed by atoms with van der Waals surface area (Å²) in [7, 11) is 1.81. The Hall–Kier alpha value is -0.610. The maximum absolute atomic E-state index is 11.8. The summed E-state index contributed by atoms with van der Waals surface area (Å²) in [6.07, 6.45) is 2.59. The molecule has 0 aromatic rings. The van der Waals surface area contributed by atoms with Crippen molar-refractivity contribution in [2.75, 3.05) is 53.0 Å². The van der Waals surface area contributed by atoms with Crippen molar-refractivity contribution in [3.8, 4) is 0 Å². The lowest BCUT2D eigenvalue weighted by Gasteiger charge is -2.32. The van der Waals surface area contributed by atoms with Gasteiger partial charge in [0.2, 0.25) is 5.91 Å². The first kappa shape index (κ1) is 22.4. The highest BCUT2D eigenvalue weighted by atomic mass is 127. The number of hydrogen-bond donors (Lipinski definition) is 2. The molecule has 2 N–H and O–H groups in total. The van der Waals surface area contributed by atoms with Gasteiger partial charge in [-0.25, -0.2) is 0 Å². The molecule has 0 aromatic carbocycles. The summed E-state index contributed by atoms with van der Waals surface area (Å²) in [5.41, 5.74) is 0. The van der Waals surface area contributed by atoms with E-state index in [1.54, 1.807) is 0 Å². The van der Waals surface area contributed by atoms with Crippen molar-refractivity contribution in [2.45, 2.75) is 45.2 Å². The lowest BCUT2D eigenvalue weighted by molar-refractivity contribution is -0.121. The van der Waals surface area contributed by atoms with Crippen LogP contribution in [0.2, 0.25) is 0 Å². The highest BCUT2D eigenvalue weighted by Crippen LogP contribution is 2.16. The molecule has 8 heteroatoms. The van der Waals surface area contributed by atoms with Gasteiger partial charge in [-0.1, -0.05) is 6.92 Å². The Balaban J connectivity index is 0.00000312. The minimum Gasteiger partial charge on any atom is -0.379 e. The third-order valence-corrected chi connectivity index (χ3v) is 4.89. The predicted octanol–water partition coefficient (Wildman–Crippen LogP) is 0.891. The molecule has 2 rings (SSSR count). The average Bonchev–Trinajstić information content (AvgIpc) is 3.09. The number of guanidine groups is 1. The van der Waals surface area contributed by atoms with Crippen LogP contribution < -0.4 is 10.6 Å². The van der Waals surface area contributed by atoms with E-state index in [1.807, 2.05) is 14.0 Å². The van der Waals surface area contributed by atoms with Crippen LogP contribution in [0.1, 0.15) is 33.1 Å². The fraction of sp³-hybridized carbons (Fsp3) is 0.882. The number of amides is 1. The molecule has 2 aliphatic heterocycles. The van der Waals surface area contributed by atoms with Gasteiger partial charge in [0.1, 0.15) is 0 Å². The summed E-state index contributed by atoms with van der Waals surface area (Å²) in [5, 5.41) is 6.32. The first-order valence-corrected chi connectivity index (χ1v) is 9.20. The number of nitrogens with zero attached hydrogens (tertiary/aromatic N) is 3. The molecule has 0 radical (unpaired) electrons. The number of nitrogens with one attached hydrogen (secondary N) is 2. The van der Waals surface area contributed by atoms with Gasteiger partial charge in [0.05, 0.1) is 13.2 Å². The third-order valence-electron chi connectivity index (χ3n) is 4.89. The highest BCUT2D eigenvalue weighted by Gasteiger charge is 2.30. The molecule has 2 atom stereocenters. The van der Waals surface area contributed by atoms with Crippen molar-refractivity contribution >= 4 is 35.8 Å². The van der Waals surface area contributed by atoms with Crippen LogP contribution in [0.25, 0.3) is 0 Å². The van der Waals surface area contributed by atoms with E-state index in [-0.39, 0.29) is 35.9 Å². The smallest absolute Gasteiger partial charge is 0.221 e. The molecule has 146 valence electrons. The number of rotatable bonds is 6. The number of halogens is 1. The fourth-order valence-electron chi connectivity index (χ4n) is 3.24. The summed E-state index contributed by atoms with van der Waals surface area (Å²) in [4.78, 5) is 21.0. The molecule has 2 heterocycles. The van der Waals surface area contributed by atoms with Gasteiger partial charge in [-0.05, 0) is 19.8 Å². The number of carbonyl (C=O) groups excluding carboxylic acids is 1. The van der Waals surface area contributed by atoms with Gasteiger partial charge in [-0.2, -0.15) is 0 Å². The lowest BCUT2D eigenvalue weighted by Crippen LogP contribution is -2.47. The molecule has 2 unspecified atom stereocenters. The molecule has 0 bridgehead atoms. The minimum absolute atomic E-state index is 0. The Kier molecular flexibility index (Phi) is 10.7. The second-order valence-electron chi connectivity index (χ2n) is 6.64. The van der Waals surface area contributed by atoms with Crippen LogP contribution >= 0.6 is 24.0 Å². The van der Waals surface area contributed by atoms with E-state index in [0.717, 1.165) is 58.2 Å². The number of aliphatic imine (C=N–C) groups is 1. The Morgan fingerprint density at radius 1 is 1.32 bits per heavy atom. The molecular formula is C17H34IN5O2. The van der Waals surface area contributed by atoms with E-state index in [4.69, 9.17) is 4.74 Å². The predicted molar refractivity (Wildman–Crippen MR) is 112 cm³/mol. The van der Waals surface area contributed by atoms with E-state index in [9.17, 15) is 4.79 Å². The number of ether oxygens (including phenoxy) is 1. The summed E-state index contributed by atoms with van der Waals surface area (Å²) < 4.78 is 5.44. The minimum atomic E-state index is 0. The Morgan fingerprint density at radius 3 is 2.68 bits per heavy atom. The lowest BCUT2D eigenvalue weighted by atomic mass is 10.2. The van der Waals surface area contributed by atoms with Crippen LogP contribution in [0.3, 0.4) is 0 Å². The third kappa shape index (κ3) is 7.26. The first-order valence-electron chi connectivity index (χ1n) is 9.20. The number of hydrogen-bond acceptors (Lipinski definition) is 4. The second-order valence-corrected chi connectivity index (χ2v) is 6.64. The quantitative estimate of drug-likeness (QED) is 0.345. The van der Waals surface area contributed by atoms with Crippen LogP contribution in [0.4, 0.5) is 0 Å². The van der Waals surface area contributed by atoms with Gasteiger partial charge >= 0.3 is 0 Å². The number of carbonyl (C=O) groups is 1. The van der Waals surface area contributed by atoms with Crippen LogP contribution in [-0.4, -0.2) is 86.7 Å². The zero-order valence-electron chi connectivity index (χ0n) is 15.8. The molecule has 1 amide bonds. The summed E-state index contributed by atoms with van der Waals surface area (Å²) in [6.45, 7) is 10.5. The van der Waals surface area contributed by atoms with Crippen molar-refractivity contribution < 1.29 is 9.53 Å². The topological polar surface area (TPSA) is 69.2 Å². The first-order chi connectivity index (χ1) is 11.6. The second kappa shape index (κ2) is 11.9. The van der Waals surface area contributed by atoms with Gasteiger partial charge < -0.3 is 20.3 Å². The van der Waals surface area contributed by atoms with E-state index in [1.165, 1.54) is 0 Å². The maximum atomic E-state index is 11.8. The maximum Gasteiger partial charge on any atom is 0.221 e. The van der Waals surface area contributed by atoms with Crippen molar-refractivity contribution in [2.24, 2.45) is 4.99 Å². The van der Waals surface area contributed by atoms with E-state index in [0.29, 0.717) is 19.0 Å². The molecule has 0 saturated carbocycles. The van der Waals surface area contributed by atoms with Crippen LogP contribution in [0.5, 0.6) is 0 Å². The molecule has 2 saturated heterocycles. The van der Waals surface area contributed by atoms with Gasteiger partial charge in [0, 0.05) is 58.3 Å². The van der Waals surface area contributed by atoms with Crippen molar-refractivity contribution in [1.29, 1.82) is 0 Å². The van der Waals surface area contributed by atoms with Gasteiger partial charge in [-0.15, -0.1) is 24.0 Å². The molecule has 25 heavy (non-hydrogen) atoms. The van der Waals surface area contributed by atoms with Crippen LogP contribution in [-0.2, 0) is 9.53 Å². The summed E-state index contributed by atoms with van der Waals surface area (Å²) >= 11 is 0. The van der Waals surface area contributed by atoms with Crippen molar-refractivity contribution in [1.82, 2.24) is 20.4 Å². The SMILES string of the molecule is CCC(C)NC(=O)CCNC(=NC)N1CCC(N2CCOCC2)C1.I. The Morgan fingerprint density at radius 2 is 2.04 bits per heavy atom. The number of likely N-dealkylation sites (tertiary alicyclic amines) is 1. The van der Waals surface area contributed by atoms with Crippen LogP contribution in [0.15, 0.2) is 4.99 Å². The van der Waals surface area contributed by atoms with E-state index in [2.05, 4.69) is 32.3 Å². The zero-order chi connectivity index (χ0) is 17.4. The molecule has 0 spiro atoms. The van der Waals surface area contributed by atoms with Gasteiger partial charge in [0.15, 0.2) is 5.96 Å². The highest BCUT2D eigenvalue weighted by molar-refractivity contribution is 14.0. The molecule has 2 fully saturated rings. The van der Waals surface area contributed by atoms with Gasteiger partial charge in [-0.3, -0.25) is 14.7 Å². The Labute approximate surface area is 169 Å². The monoisotopic (exact) mass is 467 g/mol. The molecule has 7 nitrogen and oxygen atoms in total. The Bertz CT molecular complexity index is 429.